The van der Waals surface area contributed by atoms with Crippen LogP contribution in [0.5, 0.6) is 11.5 Å². The van der Waals surface area contributed by atoms with Crippen molar-refractivity contribution >= 4 is 59.3 Å². The van der Waals surface area contributed by atoms with Crippen molar-refractivity contribution in [2.75, 3.05) is 4.90 Å². The van der Waals surface area contributed by atoms with Crippen LogP contribution in [0.25, 0.3) is 53.2 Å². The number of hydrogen-bond acceptors (Lipinski definition) is 3. The van der Waals surface area contributed by atoms with E-state index in [0.29, 0.717) is 0 Å². The summed E-state index contributed by atoms with van der Waals surface area (Å²) >= 11 is 1.84. The molecule has 0 N–H and O–H groups in total. The van der Waals surface area contributed by atoms with Crippen LogP contribution in [0.2, 0.25) is 0 Å². The number of fused-ring (bicyclic) bond motifs is 5. The molecule has 0 saturated heterocycles. The molecule has 0 bridgehead atoms. The van der Waals surface area contributed by atoms with Crippen LogP contribution in [0, 0.1) is 0 Å². The maximum Gasteiger partial charge on any atom is 0.137 e. The third-order valence-corrected chi connectivity index (χ3v) is 9.61. The Labute approximate surface area is 253 Å². The van der Waals surface area contributed by atoms with Crippen LogP contribution in [-0.4, -0.2) is 0 Å². The number of para-hydroxylation sites is 1. The molecule has 3 heteroatoms. The molecular formula is C40H25NOS. The van der Waals surface area contributed by atoms with Crippen LogP contribution < -0.4 is 9.64 Å². The molecule has 0 amide bonds. The van der Waals surface area contributed by atoms with Crippen molar-refractivity contribution in [3.05, 3.63) is 152 Å². The minimum Gasteiger partial charge on any atom is -0.456 e. The molecule has 0 radical (unpaired) electrons. The van der Waals surface area contributed by atoms with Crippen LogP contribution in [-0.2, 0) is 0 Å². The Balaban J connectivity index is 1.21. The van der Waals surface area contributed by atoms with Gasteiger partial charge in [-0.25, -0.2) is 0 Å². The Bertz CT molecular complexity index is 2320. The molecule has 0 unspecified atom stereocenters. The van der Waals surface area contributed by atoms with Crippen LogP contribution in [0.4, 0.5) is 17.1 Å². The normalized spacial score (nSPS) is 11.9. The Hall–Kier alpha value is -5.38. The van der Waals surface area contributed by atoms with Gasteiger partial charge in [-0.15, -0.1) is 11.3 Å². The molecule has 1 aliphatic heterocycles. The second-order valence-electron chi connectivity index (χ2n) is 10.9. The second-order valence-corrected chi connectivity index (χ2v) is 12.0. The quantitative estimate of drug-likeness (QED) is 0.210. The summed E-state index contributed by atoms with van der Waals surface area (Å²) < 4.78 is 9.30. The fraction of sp³-hybridized carbons (Fsp3) is 0. The van der Waals surface area contributed by atoms with Gasteiger partial charge in [-0.2, -0.15) is 0 Å². The zero-order valence-corrected chi connectivity index (χ0v) is 24.0. The molecule has 1 aliphatic rings. The minimum absolute atomic E-state index is 0.868. The molecule has 1 aromatic heterocycles. The molecule has 0 aliphatic carbocycles. The lowest BCUT2D eigenvalue weighted by molar-refractivity contribution is 0.487. The van der Waals surface area contributed by atoms with Gasteiger partial charge in [0.25, 0.3) is 0 Å². The van der Waals surface area contributed by atoms with Gasteiger partial charge in [0.15, 0.2) is 0 Å². The van der Waals surface area contributed by atoms with E-state index in [2.05, 4.69) is 157 Å². The molecule has 2 heterocycles. The van der Waals surface area contributed by atoms with Gasteiger partial charge < -0.3 is 9.64 Å². The van der Waals surface area contributed by atoms with Crippen molar-refractivity contribution in [3.63, 3.8) is 0 Å². The van der Waals surface area contributed by atoms with E-state index in [4.69, 9.17) is 4.74 Å². The highest BCUT2D eigenvalue weighted by Crippen LogP contribution is 2.50. The monoisotopic (exact) mass is 567 g/mol. The summed E-state index contributed by atoms with van der Waals surface area (Å²) in [6.45, 7) is 0. The Kier molecular flexibility index (Phi) is 5.40. The zero-order chi connectivity index (χ0) is 28.3. The Morgan fingerprint density at radius 1 is 0.419 bits per heavy atom. The summed E-state index contributed by atoms with van der Waals surface area (Å²) in [7, 11) is 0. The standard InChI is InChI=1S/C40H25NOS/c1-3-10-26(11-4-1)30-21-22-36-40-33(30)15-9-16-34(40)31-20-18-29(25-37(31)42-36)41(27-12-5-2-6-13-27)28-19-23-39-35(24-28)32-14-7-8-17-38(32)43-39/h1-25H. The molecule has 0 spiro atoms. The molecule has 7 aromatic carbocycles. The first-order valence-corrected chi connectivity index (χ1v) is 15.3. The fourth-order valence-corrected chi connectivity index (χ4v) is 7.59. The van der Waals surface area contributed by atoms with Crippen molar-refractivity contribution in [2.24, 2.45) is 0 Å². The van der Waals surface area contributed by atoms with E-state index in [0.717, 1.165) is 34.1 Å². The maximum atomic E-state index is 6.69. The maximum absolute atomic E-state index is 6.69. The third-order valence-electron chi connectivity index (χ3n) is 8.45. The SMILES string of the molecule is c1ccc(-c2ccc3c4c(cccc24)-c2ccc(N(c4ccccc4)c4ccc5sc6ccccc6c5c4)cc2O3)cc1. The lowest BCUT2D eigenvalue weighted by Gasteiger charge is -2.28. The molecule has 2 nitrogen and oxygen atoms in total. The number of nitrogens with zero attached hydrogens (tertiary/aromatic N) is 1. The molecule has 0 saturated carbocycles. The largest absolute Gasteiger partial charge is 0.456 e. The summed E-state index contributed by atoms with van der Waals surface area (Å²) in [6.07, 6.45) is 0. The highest BCUT2D eigenvalue weighted by atomic mass is 32.1. The number of rotatable bonds is 4. The first-order valence-electron chi connectivity index (χ1n) is 14.5. The molecular weight excluding hydrogens is 543 g/mol. The van der Waals surface area contributed by atoms with Crippen molar-refractivity contribution < 1.29 is 4.74 Å². The average molecular weight is 568 g/mol. The second kappa shape index (κ2) is 9.59. The molecule has 9 rings (SSSR count). The van der Waals surface area contributed by atoms with Gasteiger partial charge in [0.05, 0.1) is 0 Å². The highest BCUT2D eigenvalue weighted by Gasteiger charge is 2.24. The molecule has 43 heavy (non-hydrogen) atoms. The van der Waals surface area contributed by atoms with Crippen molar-refractivity contribution in [3.8, 4) is 33.8 Å². The minimum atomic E-state index is 0.868. The third kappa shape index (κ3) is 3.86. The first-order chi connectivity index (χ1) is 21.3. The zero-order valence-electron chi connectivity index (χ0n) is 23.2. The lowest BCUT2D eigenvalue weighted by Crippen LogP contribution is -2.10. The van der Waals surface area contributed by atoms with E-state index >= 15 is 0 Å². The van der Waals surface area contributed by atoms with Crippen LogP contribution >= 0.6 is 11.3 Å². The Morgan fingerprint density at radius 3 is 2.00 bits per heavy atom. The summed E-state index contributed by atoms with van der Waals surface area (Å²) in [5, 5.41) is 4.95. The molecule has 0 atom stereocenters. The van der Waals surface area contributed by atoms with Gasteiger partial charge >= 0.3 is 0 Å². The predicted octanol–water partition coefficient (Wildman–Crippen LogP) is 12.1. The van der Waals surface area contributed by atoms with E-state index in [1.54, 1.807) is 0 Å². The number of benzene rings is 7. The fourth-order valence-electron chi connectivity index (χ4n) is 6.51. The lowest BCUT2D eigenvalue weighted by atomic mass is 9.90. The van der Waals surface area contributed by atoms with E-state index < -0.39 is 0 Å². The molecule has 202 valence electrons. The van der Waals surface area contributed by atoms with Gasteiger partial charge in [-0.3, -0.25) is 0 Å². The highest BCUT2D eigenvalue weighted by molar-refractivity contribution is 7.25. The van der Waals surface area contributed by atoms with Gasteiger partial charge in [0, 0.05) is 54.3 Å². The molecule has 8 aromatic rings. The first kappa shape index (κ1) is 24.2. The van der Waals surface area contributed by atoms with Gasteiger partial charge in [0.2, 0.25) is 0 Å². The number of hydrogen-bond donors (Lipinski definition) is 0. The van der Waals surface area contributed by atoms with E-state index in [9.17, 15) is 0 Å². The topological polar surface area (TPSA) is 12.5 Å². The van der Waals surface area contributed by atoms with Crippen molar-refractivity contribution in [2.45, 2.75) is 0 Å². The van der Waals surface area contributed by atoms with Crippen LogP contribution in [0.3, 0.4) is 0 Å². The average Bonchev–Trinajstić information content (AvgIpc) is 3.44. The smallest absolute Gasteiger partial charge is 0.137 e. The van der Waals surface area contributed by atoms with Gasteiger partial charge in [-0.1, -0.05) is 91.0 Å². The van der Waals surface area contributed by atoms with Crippen molar-refractivity contribution in [1.82, 2.24) is 0 Å². The van der Waals surface area contributed by atoms with Gasteiger partial charge in [0.1, 0.15) is 11.5 Å². The van der Waals surface area contributed by atoms with Crippen molar-refractivity contribution in [1.29, 1.82) is 0 Å². The van der Waals surface area contributed by atoms with Crippen LogP contribution in [0.15, 0.2) is 152 Å². The number of thiophene rings is 1. The number of anilines is 3. The van der Waals surface area contributed by atoms with Gasteiger partial charge in [-0.05, 0) is 76.7 Å². The summed E-state index contributed by atoms with van der Waals surface area (Å²) in [4.78, 5) is 2.32. The van der Waals surface area contributed by atoms with E-state index in [1.165, 1.54) is 47.6 Å². The van der Waals surface area contributed by atoms with Crippen LogP contribution in [0.1, 0.15) is 0 Å². The summed E-state index contributed by atoms with van der Waals surface area (Å²) in [5.74, 6) is 1.76. The molecule has 0 fully saturated rings. The predicted molar refractivity (Wildman–Crippen MR) is 182 cm³/mol. The summed E-state index contributed by atoms with van der Waals surface area (Å²) in [6, 6.07) is 54.1. The summed E-state index contributed by atoms with van der Waals surface area (Å²) in [5.41, 5.74) is 8.02. The van der Waals surface area contributed by atoms with E-state index in [1.807, 2.05) is 11.3 Å². The number of ether oxygens (including phenoxy) is 1. The Morgan fingerprint density at radius 2 is 1.12 bits per heavy atom. The van der Waals surface area contributed by atoms with E-state index in [-0.39, 0.29) is 0 Å².